The summed E-state index contributed by atoms with van der Waals surface area (Å²) in [5.74, 6) is 0.690. The maximum atomic E-state index is 5.43. The van der Waals surface area contributed by atoms with Crippen molar-refractivity contribution < 1.29 is 4.74 Å². The van der Waals surface area contributed by atoms with Gasteiger partial charge in [-0.05, 0) is 31.4 Å². The van der Waals surface area contributed by atoms with Gasteiger partial charge >= 0.3 is 0 Å². The van der Waals surface area contributed by atoms with Crippen LogP contribution in [0.3, 0.4) is 0 Å². The van der Waals surface area contributed by atoms with Crippen LogP contribution in [0.1, 0.15) is 18.4 Å². The number of aromatic nitrogens is 3. The maximum Gasteiger partial charge on any atom is 0.243 e. The Balaban J connectivity index is 1.83. The normalized spacial score (nSPS) is 20.6. The molecule has 1 saturated heterocycles. The molecule has 2 aromatic rings. The van der Waals surface area contributed by atoms with Crippen LogP contribution < -0.4 is 5.32 Å². The van der Waals surface area contributed by atoms with Crippen LogP contribution in [0.5, 0.6) is 0 Å². The molecule has 0 radical (unpaired) electrons. The number of ether oxygens (including phenoxy) is 1. The number of rotatable bonds is 2. The standard InChI is InChI=1S/C12H16N4O/c1-9-4-2-6-16-11(9)14-12(15-16)13-10-5-3-7-17-8-10/h2,4,6,10H,3,5,7-8H2,1H3,(H,13,15). The lowest BCUT2D eigenvalue weighted by Gasteiger charge is -2.22. The topological polar surface area (TPSA) is 51.5 Å². The Hall–Kier alpha value is -1.62. The molecule has 0 aliphatic carbocycles. The van der Waals surface area contributed by atoms with E-state index in [2.05, 4.69) is 15.4 Å². The molecule has 17 heavy (non-hydrogen) atoms. The molecular weight excluding hydrogens is 216 g/mol. The minimum atomic E-state index is 0.335. The average molecular weight is 232 g/mol. The number of hydrogen-bond donors (Lipinski definition) is 1. The third-order valence-corrected chi connectivity index (χ3v) is 3.05. The summed E-state index contributed by atoms with van der Waals surface area (Å²) in [4.78, 5) is 4.49. The third-order valence-electron chi connectivity index (χ3n) is 3.05. The molecule has 2 aromatic heterocycles. The fourth-order valence-corrected chi connectivity index (χ4v) is 2.14. The van der Waals surface area contributed by atoms with Crippen molar-refractivity contribution >= 4 is 11.6 Å². The Morgan fingerprint density at radius 2 is 2.47 bits per heavy atom. The highest BCUT2D eigenvalue weighted by Gasteiger charge is 2.15. The number of hydrogen-bond acceptors (Lipinski definition) is 4. The second kappa shape index (κ2) is 4.33. The minimum absolute atomic E-state index is 0.335. The van der Waals surface area contributed by atoms with Crippen LogP contribution in [0.25, 0.3) is 5.65 Å². The van der Waals surface area contributed by atoms with Crippen LogP contribution in [-0.4, -0.2) is 33.9 Å². The van der Waals surface area contributed by atoms with Gasteiger partial charge in [0.1, 0.15) is 0 Å². The van der Waals surface area contributed by atoms with E-state index in [0.29, 0.717) is 12.0 Å². The summed E-state index contributed by atoms with van der Waals surface area (Å²) in [7, 11) is 0. The van der Waals surface area contributed by atoms with Gasteiger partial charge in [0.2, 0.25) is 5.95 Å². The Kier molecular flexibility index (Phi) is 2.68. The van der Waals surface area contributed by atoms with Crippen LogP contribution >= 0.6 is 0 Å². The monoisotopic (exact) mass is 232 g/mol. The van der Waals surface area contributed by atoms with E-state index < -0.39 is 0 Å². The Bertz CT molecular complexity index is 516. The molecule has 1 unspecified atom stereocenters. The van der Waals surface area contributed by atoms with Gasteiger partial charge in [-0.15, -0.1) is 5.10 Å². The van der Waals surface area contributed by atoms with Crippen molar-refractivity contribution in [2.75, 3.05) is 18.5 Å². The minimum Gasteiger partial charge on any atom is -0.379 e. The molecule has 1 aliphatic rings. The van der Waals surface area contributed by atoms with Crippen LogP contribution in [0.4, 0.5) is 5.95 Å². The first-order chi connectivity index (χ1) is 8.33. The Morgan fingerprint density at radius 1 is 1.53 bits per heavy atom. The number of pyridine rings is 1. The first-order valence-electron chi connectivity index (χ1n) is 5.99. The predicted molar refractivity (Wildman–Crippen MR) is 65.2 cm³/mol. The Morgan fingerprint density at radius 3 is 3.24 bits per heavy atom. The lowest BCUT2D eigenvalue weighted by Crippen LogP contribution is -2.30. The first kappa shape index (κ1) is 10.5. The summed E-state index contributed by atoms with van der Waals surface area (Å²) >= 11 is 0. The predicted octanol–water partition coefficient (Wildman–Crippen LogP) is 1.63. The van der Waals surface area contributed by atoms with Gasteiger partial charge < -0.3 is 10.1 Å². The van der Waals surface area contributed by atoms with E-state index in [1.54, 1.807) is 4.52 Å². The number of fused-ring (bicyclic) bond motifs is 1. The van der Waals surface area contributed by atoms with Crippen molar-refractivity contribution in [3.8, 4) is 0 Å². The highest BCUT2D eigenvalue weighted by molar-refractivity contribution is 5.49. The molecule has 5 nitrogen and oxygen atoms in total. The second-order valence-electron chi connectivity index (χ2n) is 4.45. The molecule has 1 atom stereocenters. The molecule has 0 saturated carbocycles. The highest BCUT2D eigenvalue weighted by Crippen LogP contribution is 2.14. The van der Waals surface area contributed by atoms with Gasteiger partial charge in [-0.25, -0.2) is 4.52 Å². The molecule has 3 heterocycles. The zero-order valence-corrected chi connectivity index (χ0v) is 9.89. The summed E-state index contributed by atoms with van der Waals surface area (Å²) < 4.78 is 7.23. The van der Waals surface area contributed by atoms with Crippen LogP contribution in [0.15, 0.2) is 18.3 Å². The van der Waals surface area contributed by atoms with Crippen molar-refractivity contribution in [3.63, 3.8) is 0 Å². The quantitative estimate of drug-likeness (QED) is 0.855. The molecule has 0 amide bonds. The second-order valence-corrected chi connectivity index (χ2v) is 4.45. The van der Waals surface area contributed by atoms with Crippen LogP contribution in [-0.2, 0) is 4.74 Å². The number of anilines is 1. The largest absolute Gasteiger partial charge is 0.379 e. The van der Waals surface area contributed by atoms with Gasteiger partial charge in [-0.1, -0.05) is 6.07 Å². The molecule has 5 heteroatoms. The summed E-state index contributed by atoms with van der Waals surface area (Å²) in [6.45, 7) is 3.65. The van der Waals surface area contributed by atoms with Crippen LogP contribution in [0.2, 0.25) is 0 Å². The van der Waals surface area contributed by atoms with Crippen molar-refractivity contribution in [2.45, 2.75) is 25.8 Å². The summed E-state index contributed by atoms with van der Waals surface area (Å²) in [5.41, 5.74) is 2.04. The first-order valence-corrected chi connectivity index (χ1v) is 5.99. The third kappa shape index (κ3) is 2.10. The van der Waals surface area contributed by atoms with Gasteiger partial charge in [-0.2, -0.15) is 4.98 Å². The van der Waals surface area contributed by atoms with Gasteiger partial charge in [0.05, 0.1) is 12.6 Å². The number of aryl methyl sites for hydroxylation is 1. The maximum absolute atomic E-state index is 5.43. The van der Waals surface area contributed by atoms with Crippen LogP contribution in [0, 0.1) is 6.92 Å². The van der Waals surface area contributed by atoms with Gasteiger partial charge in [0, 0.05) is 12.8 Å². The van der Waals surface area contributed by atoms with Gasteiger partial charge in [0.15, 0.2) is 5.65 Å². The molecular formula is C12H16N4O. The summed E-state index contributed by atoms with van der Waals surface area (Å²) in [6.07, 6.45) is 4.14. The van der Waals surface area contributed by atoms with Crippen molar-refractivity contribution in [1.29, 1.82) is 0 Å². The van der Waals surface area contributed by atoms with Gasteiger partial charge in [0.25, 0.3) is 0 Å². The molecule has 0 aromatic carbocycles. The van der Waals surface area contributed by atoms with E-state index in [1.165, 1.54) is 0 Å². The molecule has 1 N–H and O–H groups in total. The molecule has 3 rings (SSSR count). The van der Waals surface area contributed by atoms with Gasteiger partial charge in [-0.3, -0.25) is 0 Å². The number of nitrogens with one attached hydrogen (secondary N) is 1. The molecule has 90 valence electrons. The average Bonchev–Trinajstić information content (AvgIpc) is 2.74. The summed E-state index contributed by atoms with van der Waals surface area (Å²) in [5, 5.41) is 7.74. The zero-order chi connectivity index (χ0) is 11.7. The molecule has 1 fully saturated rings. The zero-order valence-electron chi connectivity index (χ0n) is 9.89. The number of nitrogens with zero attached hydrogens (tertiary/aromatic N) is 3. The molecule has 0 bridgehead atoms. The van der Waals surface area contributed by atoms with E-state index in [4.69, 9.17) is 4.74 Å². The van der Waals surface area contributed by atoms with E-state index in [0.717, 1.165) is 37.3 Å². The fourth-order valence-electron chi connectivity index (χ4n) is 2.14. The lowest BCUT2D eigenvalue weighted by molar-refractivity contribution is 0.0874. The van der Waals surface area contributed by atoms with E-state index in [1.807, 2.05) is 25.3 Å². The van der Waals surface area contributed by atoms with Crippen molar-refractivity contribution in [3.05, 3.63) is 23.9 Å². The lowest BCUT2D eigenvalue weighted by atomic mass is 10.1. The fraction of sp³-hybridized carbons (Fsp3) is 0.500. The SMILES string of the molecule is Cc1cccn2nc(NC3CCCOC3)nc12. The van der Waals surface area contributed by atoms with Crippen molar-refractivity contribution in [2.24, 2.45) is 0 Å². The smallest absolute Gasteiger partial charge is 0.243 e. The molecule has 0 spiro atoms. The Labute approximate surface area is 99.8 Å². The van der Waals surface area contributed by atoms with Crippen molar-refractivity contribution in [1.82, 2.24) is 14.6 Å². The van der Waals surface area contributed by atoms with E-state index >= 15 is 0 Å². The van der Waals surface area contributed by atoms with E-state index in [9.17, 15) is 0 Å². The molecule has 1 aliphatic heterocycles. The van der Waals surface area contributed by atoms with E-state index in [-0.39, 0.29) is 0 Å². The summed E-state index contributed by atoms with van der Waals surface area (Å²) in [6, 6.07) is 4.35. The highest BCUT2D eigenvalue weighted by atomic mass is 16.5.